The summed E-state index contributed by atoms with van der Waals surface area (Å²) in [5.41, 5.74) is 3.46. The smallest absolute Gasteiger partial charge is 0.127 e. The molecule has 32 heavy (non-hydrogen) atoms. The first kappa shape index (κ1) is 24.9. The molecular weight excluding hydrogens is 395 g/mol. The Morgan fingerprint density at radius 3 is 2.12 bits per heavy atom. The van der Waals surface area contributed by atoms with Crippen molar-refractivity contribution in [2.75, 3.05) is 0 Å². The monoisotopic (exact) mass is 438 g/mol. The molecule has 0 spiro atoms. The number of rotatable bonds is 13. The van der Waals surface area contributed by atoms with Crippen molar-refractivity contribution in [3.63, 3.8) is 0 Å². The molecule has 3 heteroatoms. The normalized spacial score (nSPS) is 18.7. The first-order chi connectivity index (χ1) is 15.7. The van der Waals surface area contributed by atoms with Gasteiger partial charge in [-0.05, 0) is 61.3 Å². The molecule has 0 atom stereocenters. The van der Waals surface area contributed by atoms with Crippen LogP contribution in [0, 0.1) is 17.7 Å². The van der Waals surface area contributed by atoms with Gasteiger partial charge in [0.2, 0.25) is 0 Å². The fraction of sp³-hybridized carbons (Fsp3) is 0.655. The van der Waals surface area contributed by atoms with Gasteiger partial charge in [0, 0.05) is 5.56 Å². The summed E-state index contributed by atoms with van der Waals surface area (Å²) < 4.78 is 14.8. The van der Waals surface area contributed by atoms with E-state index in [1.807, 2.05) is 24.3 Å². The second-order valence-electron chi connectivity index (χ2n) is 9.95. The maximum Gasteiger partial charge on any atom is 0.127 e. The maximum atomic E-state index is 14.8. The molecule has 0 amide bonds. The zero-order valence-electron chi connectivity index (χ0n) is 20.4. The van der Waals surface area contributed by atoms with Gasteiger partial charge in [-0.15, -0.1) is 0 Å². The summed E-state index contributed by atoms with van der Waals surface area (Å²) in [5.74, 6) is 1.61. The fourth-order valence-electron chi connectivity index (χ4n) is 5.13. The number of unbranched alkanes of at least 4 members (excludes halogenated alkanes) is 5. The molecule has 1 heterocycles. The zero-order valence-corrected chi connectivity index (χ0v) is 20.4. The highest BCUT2D eigenvalue weighted by Gasteiger charge is 2.21. The van der Waals surface area contributed by atoms with E-state index in [0.717, 1.165) is 60.0 Å². The topological polar surface area (TPSA) is 25.8 Å². The number of halogens is 1. The van der Waals surface area contributed by atoms with Crippen LogP contribution in [0.5, 0.6) is 0 Å². The van der Waals surface area contributed by atoms with Gasteiger partial charge in [0.15, 0.2) is 0 Å². The number of aryl methyl sites for hydroxylation is 2. The predicted molar refractivity (Wildman–Crippen MR) is 133 cm³/mol. The number of hydrogen-bond donors (Lipinski definition) is 0. The molecular formula is C29H43FN2. The molecule has 2 nitrogen and oxygen atoms in total. The Morgan fingerprint density at radius 2 is 1.47 bits per heavy atom. The second-order valence-corrected chi connectivity index (χ2v) is 9.95. The van der Waals surface area contributed by atoms with E-state index in [4.69, 9.17) is 0 Å². The van der Waals surface area contributed by atoms with Crippen molar-refractivity contribution >= 4 is 0 Å². The Bertz CT molecular complexity index is 778. The average Bonchev–Trinajstić information content (AvgIpc) is 2.83. The minimum Gasteiger partial charge on any atom is -0.207 e. The van der Waals surface area contributed by atoms with E-state index >= 15 is 0 Å². The summed E-state index contributed by atoms with van der Waals surface area (Å²) in [4.78, 5) is 0. The molecule has 1 aliphatic carbocycles. The summed E-state index contributed by atoms with van der Waals surface area (Å²) in [7, 11) is 0. The largest absolute Gasteiger partial charge is 0.207 e. The van der Waals surface area contributed by atoms with E-state index in [1.165, 1.54) is 70.6 Å². The van der Waals surface area contributed by atoms with Crippen molar-refractivity contribution in [1.29, 1.82) is 0 Å². The van der Waals surface area contributed by atoms with Crippen LogP contribution in [-0.2, 0) is 12.8 Å². The van der Waals surface area contributed by atoms with Gasteiger partial charge < -0.3 is 0 Å². The van der Waals surface area contributed by atoms with Crippen LogP contribution in [0.1, 0.15) is 109 Å². The lowest BCUT2D eigenvalue weighted by Crippen LogP contribution is -2.15. The number of hydrogen-bond acceptors (Lipinski definition) is 2. The summed E-state index contributed by atoms with van der Waals surface area (Å²) in [5, 5.41) is 8.74. The second kappa shape index (κ2) is 13.7. The molecule has 1 aliphatic rings. The highest BCUT2D eigenvalue weighted by molar-refractivity contribution is 5.59. The molecule has 0 aliphatic heterocycles. The Morgan fingerprint density at radius 1 is 0.750 bits per heavy atom. The molecule has 1 fully saturated rings. The third-order valence-electron chi connectivity index (χ3n) is 7.36. The van der Waals surface area contributed by atoms with E-state index in [-0.39, 0.29) is 5.82 Å². The van der Waals surface area contributed by atoms with Gasteiger partial charge in [0.1, 0.15) is 5.82 Å². The maximum absolute atomic E-state index is 14.8. The van der Waals surface area contributed by atoms with E-state index in [2.05, 4.69) is 24.0 Å². The zero-order chi connectivity index (χ0) is 22.6. The summed E-state index contributed by atoms with van der Waals surface area (Å²) in [6, 6.07) is 9.64. The molecule has 176 valence electrons. The van der Waals surface area contributed by atoms with Crippen LogP contribution in [0.3, 0.4) is 0 Å². The van der Waals surface area contributed by atoms with Crippen LogP contribution in [0.4, 0.5) is 4.39 Å². The van der Waals surface area contributed by atoms with Gasteiger partial charge >= 0.3 is 0 Å². The molecule has 1 saturated carbocycles. The Hall–Kier alpha value is -1.77. The molecule has 0 unspecified atom stereocenters. The highest BCUT2D eigenvalue weighted by Crippen LogP contribution is 2.34. The fourth-order valence-corrected chi connectivity index (χ4v) is 5.13. The quantitative estimate of drug-likeness (QED) is 0.292. The van der Waals surface area contributed by atoms with Crippen molar-refractivity contribution < 1.29 is 4.39 Å². The minimum absolute atomic E-state index is 0.0964. The van der Waals surface area contributed by atoms with Crippen molar-refractivity contribution in [3.05, 3.63) is 47.4 Å². The SMILES string of the molecule is CCCCCCCc1ccc(-c2ccc(CCC3CCC(CCCC)CC3)c(F)c2)nn1. The molecule has 1 aromatic carbocycles. The van der Waals surface area contributed by atoms with E-state index in [0.29, 0.717) is 0 Å². The third kappa shape index (κ3) is 7.98. The Labute approximate surface area is 195 Å². The first-order valence-electron chi connectivity index (χ1n) is 13.3. The summed E-state index contributed by atoms with van der Waals surface area (Å²) in [6.45, 7) is 4.52. The molecule has 0 radical (unpaired) electrons. The summed E-state index contributed by atoms with van der Waals surface area (Å²) in [6.07, 6.45) is 18.7. The minimum atomic E-state index is -0.0964. The number of aromatic nitrogens is 2. The third-order valence-corrected chi connectivity index (χ3v) is 7.36. The van der Waals surface area contributed by atoms with Crippen molar-refractivity contribution in [1.82, 2.24) is 10.2 Å². The molecule has 2 aromatic rings. The van der Waals surface area contributed by atoms with Gasteiger partial charge in [0.05, 0.1) is 11.4 Å². The van der Waals surface area contributed by atoms with E-state index < -0.39 is 0 Å². The van der Waals surface area contributed by atoms with Gasteiger partial charge in [0.25, 0.3) is 0 Å². The van der Waals surface area contributed by atoms with Crippen molar-refractivity contribution in [2.24, 2.45) is 11.8 Å². The molecule has 0 bridgehead atoms. The highest BCUT2D eigenvalue weighted by atomic mass is 19.1. The van der Waals surface area contributed by atoms with Crippen LogP contribution in [-0.4, -0.2) is 10.2 Å². The van der Waals surface area contributed by atoms with Crippen LogP contribution in [0.25, 0.3) is 11.3 Å². The van der Waals surface area contributed by atoms with Gasteiger partial charge in [-0.25, -0.2) is 4.39 Å². The first-order valence-corrected chi connectivity index (χ1v) is 13.3. The summed E-state index contributed by atoms with van der Waals surface area (Å²) >= 11 is 0. The molecule has 0 N–H and O–H groups in total. The van der Waals surface area contributed by atoms with Gasteiger partial charge in [-0.1, -0.05) is 96.6 Å². The lowest BCUT2D eigenvalue weighted by molar-refractivity contribution is 0.249. The number of nitrogens with zero attached hydrogens (tertiary/aromatic N) is 2. The van der Waals surface area contributed by atoms with E-state index in [9.17, 15) is 4.39 Å². The lowest BCUT2D eigenvalue weighted by Gasteiger charge is -2.28. The van der Waals surface area contributed by atoms with Gasteiger partial charge in [-0.2, -0.15) is 10.2 Å². The average molecular weight is 439 g/mol. The van der Waals surface area contributed by atoms with Crippen LogP contribution < -0.4 is 0 Å². The van der Waals surface area contributed by atoms with E-state index in [1.54, 1.807) is 6.07 Å². The van der Waals surface area contributed by atoms with Crippen LogP contribution in [0.15, 0.2) is 30.3 Å². The lowest BCUT2D eigenvalue weighted by atomic mass is 9.78. The van der Waals surface area contributed by atoms with Gasteiger partial charge in [-0.3, -0.25) is 0 Å². The Kier molecular flexibility index (Phi) is 10.6. The molecule has 1 aromatic heterocycles. The molecule has 0 saturated heterocycles. The van der Waals surface area contributed by atoms with Crippen LogP contribution in [0.2, 0.25) is 0 Å². The van der Waals surface area contributed by atoms with Crippen LogP contribution >= 0.6 is 0 Å². The standard InChI is InChI=1S/C29H43FN2/c1-3-5-7-8-9-11-27-20-21-29(32-31-27)26-19-18-25(28(30)22-26)17-16-24-14-12-23(13-15-24)10-6-4-2/h18-24H,3-17H2,1-2H3. The number of benzene rings is 1. The van der Waals surface area contributed by atoms with Crippen molar-refractivity contribution in [2.45, 2.75) is 110 Å². The predicted octanol–water partition coefficient (Wildman–Crippen LogP) is 8.72. The Balaban J connectivity index is 1.45. The van der Waals surface area contributed by atoms with Crippen molar-refractivity contribution in [3.8, 4) is 11.3 Å². The molecule has 3 rings (SSSR count).